The number of imide groups is 1. The molecule has 0 radical (unpaired) electrons. The Morgan fingerprint density at radius 2 is 1.70 bits per heavy atom. The number of fused-ring (bicyclic) bond motifs is 1. The second kappa shape index (κ2) is 7.68. The quantitative estimate of drug-likeness (QED) is 0.584. The van der Waals surface area contributed by atoms with Gasteiger partial charge in [0.25, 0.3) is 11.8 Å². The van der Waals surface area contributed by atoms with Gasteiger partial charge in [-0.2, -0.15) is 5.11 Å². The molecular weight excluding hydrogens is 410 g/mol. The number of anilines is 2. The number of benzene rings is 2. The molecular formula is C20H16ClN5O4. The van der Waals surface area contributed by atoms with Crippen LogP contribution in [0, 0.1) is 0 Å². The molecule has 0 unspecified atom stereocenters. The summed E-state index contributed by atoms with van der Waals surface area (Å²) in [5, 5.41) is 12.1. The summed E-state index contributed by atoms with van der Waals surface area (Å²) < 4.78 is 0. The number of carbonyl (C=O) groups is 4. The third kappa shape index (κ3) is 3.55. The predicted octanol–water partition coefficient (Wildman–Crippen LogP) is 2.47. The van der Waals surface area contributed by atoms with E-state index in [1.807, 2.05) is 0 Å². The number of halogens is 1. The molecule has 30 heavy (non-hydrogen) atoms. The van der Waals surface area contributed by atoms with Crippen LogP contribution in [0.4, 0.5) is 11.4 Å². The van der Waals surface area contributed by atoms with Crippen molar-refractivity contribution in [1.82, 2.24) is 5.01 Å². The van der Waals surface area contributed by atoms with Crippen LogP contribution in [0.25, 0.3) is 0 Å². The van der Waals surface area contributed by atoms with Crippen LogP contribution in [0.15, 0.2) is 58.9 Å². The van der Waals surface area contributed by atoms with E-state index in [-0.39, 0.29) is 12.3 Å². The average Bonchev–Trinajstić information content (AvgIpc) is 3.23. The minimum Gasteiger partial charge on any atom is -0.324 e. The maximum atomic E-state index is 12.9. The van der Waals surface area contributed by atoms with Gasteiger partial charge in [0.2, 0.25) is 5.91 Å². The molecule has 2 heterocycles. The fraction of sp³-hybridized carbons (Fsp3) is 0.200. The summed E-state index contributed by atoms with van der Waals surface area (Å²) in [6, 6.07) is 10.8. The minimum absolute atomic E-state index is 0.0777. The molecule has 1 saturated heterocycles. The Balaban J connectivity index is 1.45. The van der Waals surface area contributed by atoms with Crippen molar-refractivity contribution in [2.75, 3.05) is 16.8 Å². The van der Waals surface area contributed by atoms with Crippen molar-refractivity contribution in [3.8, 4) is 0 Å². The molecule has 10 heteroatoms. The molecule has 0 saturated carbocycles. The van der Waals surface area contributed by atoms with Crippen molar-refractivity contribution in [2.24, 2.45) is 10.3 Å². The zero-order valence-electron chi connectivity index (χ0n) is 15.8. The number of amides is 3. The molecule has 2 atom stereocenters. The predicted molar refractivity (Wildman–Crippen MR) is 108 cm³/mol. The fourth-order valence-corrected chi connectivity index (χ4v) is 3.46. The van der Waals surface area contributed by atoms with Crippen molar-refractivity contribution in [1.29, 1.82) is 0 Å². The summed E-state index contributed by atoms with van der Waals surface area (Å²) in [5.41, 5.74) is 1.41. The smallest absolute Gasteiger partial charge is 0.263 e. The first-order valence-electron chi connectivity index (χ1n) is 9.07. The maximum absolute atomic E-state index is 12.9. The van der Waals surface area contributed by atoms with Gasteiger partial charge in [-0.15, -0.1) is 0 Å². The van der Waals surface area contributed by atoms with Crippen LogP contribution in [0.2, 0.25) is 5.02 Å². The largest absolute Gasteiger partial charge is 0.324 e. The molecule has 2 aliphatic heterocycles. The number of nitrogens with one attached hydrogen (secondary N) is 1. The van der Waals surface area contributed by atoms with Gasteiger partial charge in [-0.3, -0.25) is 24.2 Å². The van der Waals surface area contributed by atoms with Crippen LogP contribution in [0.3, 0.4) is 0 Å². The fourth-order valence-electron chi connectivity index (χ4n) is 3.33. The van der Waals surface area contributed by atoms with E-state index >= 15 is 0 Å². The van der Waals surface area contributed by atoms with Crippen LogP contribution in [0.1, 0.15) is 17.3 Å². The van der Waals surface area contributed by atoms with Crippen LogP contribution in [-0.2, 0) is 14.4 Å². The van der Waals surface area contributed by atoms with Gasteiger partial charge in [-0.25, -0.2) is 4.90 Å². The Bertz CT molecular complexity index is 1070. The normalized spacial score (nSPS) is 19.9. The first kappa shape index (κ1) is 19.7. The van der Waals surface area contributed by atoms with Crippen LogP contribution in [-0.4, -0.2) is 47.1 Å². The van der Waals surface area contributed by atoms with Crippen LogP contribution < -0.4 is 10.2 Å². The molecule has 2 aliphatic rings. The molecule has 1 N–H and O–H groups in total. The van der Waals surface area contributed by atoms with E-state index < -0.39 is 29.8 Å². The zero-order chi connectivity index (χ0) is 21.4. The molecule has 9 nitrogen and oxygen atoms in total. The molecule has 4 rings (SSSR count). The van der Waals surface area contributed by atoms with E-state index in [9.17, 15) is 19.2 Å². The average molecular weight is 426 g/mol. The van der Waals surface area contributed by atoms with E-state index in [0.29, 0.717) is 22.0 Å². The lowest BCUT2D eigenvalue weighted by Gasteiger charge is -2.20. The Labute approximate surface area is 176 Å². The second-order valence-corrected chi connectivity index (χ2v) is 7.30. The third-order valence-electron chi connectivity index (χ3n) is 4.82. The van der Waals surface area contributed by atoms with Gasteiger partial charge >= 0.3 is 0 Å². The van der Waals surface area contributed by atoms with Crippen molar-refractivity contribution >= 4 is 46.5 Å². The highest BCUT2D eigenvalue weighted by atomic mass is 35.5. The van der Waals surface area contributed by atoms with Crippen LogP contribution >= 0.6 is 11.6 Å². The summed E-state index contributed by atoms with van der Waals surface area (Å²) in [6.45, 7) is 1.20. The van der Waals surface area contributed by atoms with Gasteiger partial charge in [0, 0.05) is 16.3 Å². The Kier molecular flexibility index (Phi) is 5.04. The molecule has 2 aromatic carbocycles. The topological polar surface area (TPSA) is 112 Å². The summed E-state index contributed by atoms with van der Waals surface area (Å²) >= 11 is 5.87. The molecule has 1 fully saturated rings. The van der Waals surface area contributed by atoms with E-state index in [2.05, 4.69) is 15.7 Å². The van der Waals surface area contributed by atoms with E-state index in [1.165, 1.54) is 11.9 Å². The molecule has 0 spiro atoms. The number of hydrogen-bond donors (Lipinski definition) is 1. The first-order chi connectivity index (χ1) is 14.3. The van der Waals surface area contributed by atoms with Gasteiger partial charge in [-0.05, 0) is 55.5 Å². The van der Waals surface area contributed by atoms with Gasteiger partial charge in [0.05, 0.1) is 5.69 Å². The number of ketones is 1. The Morgan fingerprint density at radius 3 is 2.33 bits per heavy atom. The summed E-state index contributed by atoms with van der Waals surface area (Å²) in [4.78, 5) is 50.3. The van der Waals surface area contributed by atoms with Gasteiger partial charge in [0.1, 0.15) is 6.54 Å². The molecule has 0 bridgehead atoms. The number of rotatable bonds is 5. The standard InChI is InChI=1S/C20H16ClN5O4/c1-11(27)12-2-6-14(7-3-12)22-16(28)10-25-18-17(23-24-25)19(29)26(20(18)30)15-8-4-13(21)5-9-15/h2-9,17-18H,10H2,1H3,(H,22,28)/t17-,18-/m0/s1. The van der Waals surface area contributed by atoms with Crippen molar-refractivity contribution in [3.05, 3.63) is 59.1 Å². The summed E-state index contributed by atoms with van der Waals surface area (Å²) in [6.07, 6.45) is 0. The highest BCUT2D eigenvalue weighted by Crippen LogP contribution is 2.32. The number of carbonyl (C=O) groups excluding carboxylic acids is 4. The highest BCUT2D eigenvalue weighted by Gasteiger charge is 2.55. The molecule has 0 aliphatic carbocycles. The second-order valence-electron chi connectivity index (χ2n) is 6.86. The highest BCUT2D eigenvalue weighted by molar-refractivity contribution is 6.31. The van der Waals surface area contributed by atoms with E-state index in [0.717, 1.165) is 4.90 Å². The lowest BCUT2D eigenvalue weighted by atomic mass is 10.1. The van der Waals surface area contributed by atoms with Gasteiger partial charge in [-0.1, -0.05) is 16.8 Å². The van der Waals surface area contributed by atoms with Gasteiger partial charge < -0.3 is 5.32 Å². The number of Topliss-reactive ketones (excluding diaryl/α,β-unsaturated/α-hetero) is 1. The van der Waals surface area contributed by atoms with Crippen molar-refractivity contribution < 1.29 is 19.2 Å². The Morgan fingerprint density at radius 1 is 1.03 bits per heavy atom. The van der Waals surface area contributed by atoms with E-state index in [4.69, 9.17) is 11.6 Å². The maximum Gasteiger partial charge on any atom is 0.263 e. The molecule has 152 valence electrons. The molecule has 3 amide bonds. The number of hydrogen-bond acceptors (Lipinski definition) is 7. The van der Waals surface area contributed by atoms with Crippen LogP contribution in [0.5, 0.6) is 0 Å². The van der Waals surface area contributed by atoms with Crippen molar-refractivity contribution in [2.45, 2.75) is 19.0 Å². The molecule has 0 aromatic heterocycles. The number of nitrogens with zero attached hydrogens (tertiary/aromatic N) is 4. The summed E-state index contributed by atoms with van der Waals surface area (Å²) in [7, 11) is 0. The SMILES string of the molecule is CC(=O)c1ccc(NC(=O)CN2N=N[C@@H]3C(=O)N(c4ccc(Cl)cc4)C(=O)[C@H]32)cc1. The zero-order valence-corrected chi connectivity index (χ0v) is 16.5. The van der Waals surface area contributed by atoms with E-state index in [1.54, 1.807) is 48.5 Å². The third-order valence-corrected chi connectivity index (χ3v) is 5.08. The first-order valence-corrected chi connectivity index (χ1v) is 9.44. The lowest BCUT2D eigenvalue weighted by molar-refractivity contribution is -0.123. The summed E-state index contributed by atoms with van der Waals surface area (Å²) in [5.74, 6) is -1.52. The Hall–Kier alpha value is -3.59. The lowest BCUT2D eigenvalue weighted by Crippen LogP contribution is -2.43. The van der Waals surface area contributed by atoms with Gasteiger partial charge in [0.15, 0.2) is 17.9 Å². The minimum atomic E-state index is -0.990. The molecule has 2 aromatic rings. The monoisotopic (exact) mass is 425 g/mol. The van der Waals surface area contributed by atoms with Crippen molar-refractivity contribution in [3.63, 3.8) is 0 Å².